The molecule has 0 aliphatic carbocycles. The molecule has 0 spiro atoms. The van der Waals surface area contributed by atoms with Crippen LogP contribution in [0.15, 0.2) is 4.52 Å². The van der Waals surface area contributed by atoms with Gasteiger partial charge in [-0.15, -0.1) is 0 Å². The van der Waals surface area contributed by atoms with E-state index in [0.717, 1.165) is 18.2 Å². The summed E-state index contributed by atoms with van der Waals surface area (Å²) in [7, 11) is 0. The van der Waals surface area contributed by atoms with Crippen LogP contribution in [-0.4, -0.2) is 47.8 Å². The van der Waals surface area contributed by atoms with Crippen LogP contribution in [0.5, 0.6) is 0 Å². The average Bonchev–Trinajstić information content (AvgIpc) is 2.92. The fourth-order valence-electron chi connectivity index (χ4n) is 3.74. The average molecular weight is 292 g/mol. The first-order chi connectivity index (χ1) is 10.3. The molecule has 2 unspecified atom stereocenters. The minimum absolute atomic E-state index is 0.683. The summed E-state index contributed by atoms with van der Waals surface area (Å²) >= 11 is 0. The molecule has 3 rings (SSSR count). The topological polar surface area (TPSA) is 54.2 Å². The van der Waals surface area contributed by atoms with Crippen molar-refractivity contribution in [3.05, 3.63) is 11.7 Å². The molecule has 0 radical (unpaired) electrons. The second kappa shape index (κ2) is 7.36. The predicted octanol–water partition coefficient (Wildman–Crippen LogP) is 2.02. The molecule has 1 N–H and O–H groups in total. The van der Waals surface area contributed by atoms with Crippen molar-refractivity contribution in [2.45, 2.75) is 45.4 Å². The molecule has 3 heterocycles. The Labute approximate surface area is 127 Å². The van der Waals surface area contributed by atoms with Crippen molar-refractivity contribution >= 4 is 0 Å². The largest absolute Gasteiger partial charge is 0.340 e. The highest BCUT2D eigenvalue weighted by atomic mass is 16.5. The molecule has 2 aliphatic heterocycles. The van der Waals surface area contributed by atoms with Gasteiger partial charge in [0.2, 0.25) is 5.89 Å². The van der Waals surface area contributed by atoms with Crippen LogP contribution in [0.25, 0.3) is 0 Å². The molecule has 2 saturated heterocycles. The summed E-state index contributed by atoms with van der Waals surface area (Å²) in [6.07, 6.45) is 7.69. The van der Waals surface area contributed by atoms with E-state index in [4.69, 9.17) is 4.52 Å². The van der Waals surface area contributed by atoms with Gasteiger partial charge >= 0.3 is 0 Å². The quantitative estimate of drug-likeness (QED) is 0.900. The number of hydrogen-bond acceptors (Lipinski definition) is 5. The third kappa shape index (κ3) is 4.51. The minimum atomic E-state index is 0.683. The van der Waals surface area contributed by atoms with Crippen LogP contribution in [0.4, 0.5) is 0 Å². The number of nitrogens with one attached hydrogen (secondary N) is 1. The highest BCUT2D eigenvalue weighted by molar-refractivity contribution is 4.88. The van der Waals surface area contributed by atoms with E-state index in [2.05, 4.69) is 20.4 Å². The first kappa shape index (κ1) is 15.0. The SMILES string of the molecule is Cc1nc(CC2CCCN(CCC3CCCNC3)C2)no1. The Bertz CT molecular complexity index is 428. The Hall–Kier alpha value is -0.940. The van der Waals surface area contributed by atoms with Crippen LogP contribution in [0.2, 0.25) is 0 Å². The minimum Gasteiger partial charge on any atom is -0.340 e. The lowest BCUT2D eigenvalue weighted by Crippen LogP contribution is -2.39. The summed E-state index contributed by atoms with van der Waals surface area (Å²) in [6.45, 7) is 8.03. The van der Waals surface area contributed by atoms with Gasteiger partial charge in [-0.1, -0.05) is 5.16 Å². The van der Waals surface area contributed by atoms with Crippen LogP contribution in [0, 0.1) is 18.8 Å². The molecule has 0 amide bonds. The van der Waals surface area contributed by atoms with Gasteiger partial charge in [0.25, 0.3) is 0 Å². The second-order valence-corrected chi connectivity index (χ2v) is 6.74. The summed E-state index contributed by atoms with van der Waals surface area (Å²) in [4.78, 5) is 6.99. The van der Waals surface area contributed by atoms with Crippen LogP contribution >= 0.6 is 0 Å². The molecule has 5 nitrogen and oxygen atoms in total. The number of rotatable bonds is 5. The molecule has 2 atom stereocenters. The zero-order valence-corrected chi connectivity index (χ0v) is 13.2. The van der Waals surface area contributed by atoms with Crippen LogP contribution in [-0.2, 0) is 6.42 Å². The van der Waals surface area contributed by atoms with E-state index in [-0.39, 0.29) is 0 Å². The smallest absolute Gasteiger partial charge is 0.223 e. The van der Waals surface area contributed by atoms with Gasteiger partial charge in [0.05, 0.1) is 0 Å². The Balaban J connectivity index is 1.42. The fourth-order valence-corrected chi connectivity index (χ4v) is 3.74. The Morgan fingerprint density at radius 3 is 2.95 bits per heavy atom. The Morgan fingerprint density at radius 1 is 1.29 bits per heavy atom. The van der Waals surface area contributed by atoms with Gasteiger partial charge in [0, 0.05) is 19.9 Å². The zero-order valence-electron chi connectivity index (χ0n) is 13.2. The van der Waals surface area contributed by atoms with Crippen molar-refractivity contribution < 1.29 is 4.52 Å². The Kier molecular flexibility index (Phi) is 5.25. The van der Waals surface area contributed by atoms with Crippen molar-refractivity contribution in [1.82, 2.24) is 20.4 Å². The third-order valence-corrected chi connectivity index (χ3v) is 4.90. The number of likely N-dealkylation sites (tertiary alicyclic amines) is 1. The van der Waals surface area contributed by atoms with E-state index >= 15 is 0 Å². The fraction of sp³-hybridized carbons (Fsp3) is 0.875. The van der Waals surface area contributed by atoms with Crippen molar-refractivity contribution in [1.29, 1.82) is 0 Å². The van der Waals surface area contributed by atoms with Crippen LogP contribution in [0.1, 0.15) is 43.8 Å². The second-order valence-electron chi connectivity index (χ2n) is 6.74. The van der Waals surface area contributed by atoms with E-state index in [1.54, 1.807) is 0 Å². The van der Waals surface area contributed by atoms with Crippen LogP contribution in [0.3, 0.4) is 0 Å². The molecule has 21 heavy (non-hydrogen) atoms. The van der Waals surface area contributed by atoms with Gasteiger partial charge in [-0.25, -0.2) is 0 Å². The van der Waals surface area contributed by atoms with E-state index in [1.807, 2.05) is 6.92 Å². The molecule has 1 aromatic heterocycles. The normalized spacial score (nSPS) is 27.9. The summed E-state index contributed by atoms with van der Waals surface area (Å²) in [5, 5.41) is 7.56. The molecular formula is C16H28N4O. The van der Waals surface area contributed by atoms with Gasteiger partial charge in [-0.05, 0) is 70.1 Å². The maximum absolute atomic E-state index is 5.08. The van der Waals surface area contributed by atoms with E-state index in [0.29, 0.717) is 11.8 Å². The summed E-state index contributed by atoms with van der Waals surface area (Å²) < 4.78 is 5.08. The lowest BCUT2D eigenvalue weighted by Gasteiger charge is -2.33. The molecule has 0 aromatic carbocycles. The predicted molar refractivity (Wildman–Crippen MR) is 82.1 cm³/mol. The number of aromatic nitrogens is 2. The lowest BCUT2D eigenvalue weighted by atomic mass is 9.92. The van der Waals surface area contributed by atoms with E-state index in [1.165, 1.54) is 64.8 Å². The number of piperidine rings is 2. The maximum atomic E-state index is 5.08. The van der Waals surface area contributed by atoms with Gasteiger partial charge < -0.3 is 14.7 Å². The van der Waals surface area contributed by atoms with Crippen molar-refractivity contribution in [3.8, 4) is 0 Å². The molecule has 0 bridgehead atoms. The molecule has 2 aliphatic rings. The van der Waals surface area contributed by atoms with Crippen LogP contribution < -0.4 is 5.32 Å². The van der Waals surface area contributed by atoms with Crippen molar-refractivity contribution in [2.24, 2.45) is 11.8 Å². The van der Waals surface area contributed by atoms with E-state index in [9.17, 15) is 0 Å². The summed E-state index contributed by atoms with van der Waals surface area (Å²) in [5.41, 5.74) is 0. The maximum Gasteiger partial charge on any atom is 0.223 e. The number of hydrogen-bond donors (Lipinski definition) is 1. The third-order valence-electron chi connectivity index (χ3n) is 4.90. The highest BCUT2D eigenvalue weighted by Crippen LogP contribution is 2.21. The molecular weight excluding hydrogens is 264 g/mol. The lowest BCUT2D eigenvalue weighted by molar-refractivity contribution is 0.158. The van der Waals surface area contributed by atoms with Gasteiger partial charge in [0.1, 0.15) is 0 Å². The van der Waals surface area contributed by atoms with Gasteiger partial charge in [-0.2, -0.15) is 4.98 Å². The number of nitrogens with zero attached hydrogens (tertiary/aromatic N) is 3. The van der Waals surface area contributed by atoms with E-state index < -0.39 is 0 Å². The molecule has 0 saturated carbocycles. The summed E-state index contributed by atoms with van der Waals surface area (Å²) in [6, 6.07) is 0. The molecule has 1 aromatic rings. The van der Waals surface area contributed by atoms with Gasteiger partial charge in [-0.3, -0.25) is 0 Å². The first-order valence-electron chi connectivity index (χ1n) is 8.52. The van der Waals surface area contributed by atoms with Gasteiger partial charge in [0.15, 0.2) is 5.82 Å². The van der Waals surface area contributed by atoms with Crippen molar-refractivity contribution in [2.75, 3.05) is 32.7 Å². The monoisotopic (exact) mass is 292 g/mol. The first-order valence-corrected chi connectivity index (χ1v) is 8.52. The molecule has 2 fully saturated rings. The molecule has 118 valence electrons. The summed E-state index contributed by atoms with van der Waals surface area (Å²) in [5.74, 6) is 3.15. The van der Waals surface area contributed by atoms with Crippen molar-refractivity contribution in [3.63, 3.8) is 0 Å². The highest BCUT2D eigenvalue weighted by Gasteiger charge is 2.23. The molecule has 5 heteroatoms. The Morgan fingerprint density at radius 2 is 2.19 bits per heavy atom. The zero-order chi connectivity index (χ0) is 14.5. The standard InChI is InChI=1S/C16H28N4O/c1-13-18-16(19-21-13)10-15-5-3-8-20(12-15)9-6-14-4-2-7-17-11-14/h14-15,17H,2-12H2,1H3. The number of aryl methyl sites for hydroxylation is 1.